The number of halogens is 1. The van der Waals surface area contributed by atoms with Gasteiger partial charge in [-0.3, -0.25) is 4.98 Å². The van der Waals surface area contributed by atoms with Gasteiger partial charge in [0.2, 0.25) is 0 Å². The van der Waals surface area contributed by atoms with Gasteiger partial charge in [-0.1, -0.05) is 17.7 Å². The number of aromatic nitrogens is 1. The third-order valence-corrected chi connectivity index (χ3v) is 3.78. The van der Waals surface area contributed by atoms with Crippen molar-refractivity contribution in [1.29, 1.82) is 0 Å². The van der Waals surface area contributed by atoms with E-state index in [1.165, 1.54) is 5.56 Å². The fraction of sp³-hybridized carbons (Fsp3) is 0.312. The second kappa shape index (κ2) is 7.29. The first-order valence-corrected chi connectivity index (χ1v) is 7.07. The van der Waals surface area contributed by atoms with Crippen LogP contribution >= 0.6 is 11.6 Å². The van der Waals surface area contributed by atoms with E-state index in [1.54, 1.807) is 26.6 Å². The Morgan fingerprint density at radius 3 is 2.48 bits per heavy atom. The number of hydrogen-bond acceptors (Lipinski definition) is 4. The minimum absolute atomic E-state index is 0.206. The molecular formula is C16H19ClN2O2. The minimum atomic E-state index is 0.206. The van der Waals surface area contributed by atoms with Crippen LogP contribution in [0.25, 0.3) is 0 Å². The van der Waals surface area contributed by atoms with Gasteiger partial charge in [-0.25, -0.2) is 0 Å². The van der Waals surface area contributed by atoms with Gasteiger partial charge < -0.3 is 14.8 Å². The summed E-state index contributed by atoms with van der Waals surface area (Å²) in [5.41, 5.74) is 2.15. The van der Waals surface area contributed by atoms with E-state index in [1.807, 2.05) is 24.3 Å². The van der Waals surface area contributed by atoms with Crippen molar-refractivity contribution in [3.8, 4) is 11.5 Å². The summed E-state index contributed by atoms with van der Waals surface area (Å²) in [5, 5.41) is 4.01. The van der Waals surface area contributed by atoms with E-state index in [-0.39, 0.29) is 6.04 Å². The molecule has 0 aliphatic rings. The predicted octanol–water partition coefficient (Wildman–Crippen LogP) is 3.60. The maximum atomic E-state index is 6.37. The van der Waals surface area contributed by atoms with Crippen LogP contribution in [0.2, 0.25) is 5.02 Å². The summed E-state index contributed by atoms with van der Waals surface area (Å²) in [6, 6.07) is 7.99. The van der Waals surface area contributed by atoms with Crippen molar-refractivity contribution in [3.05, 3.63) is 52.8 Å². The number of hydrogen-bond donors (Lipinski definition) is 1. The molecule has 1 aromatic heterocycles. The summed E-state index contributed by atoms with van der Waals surface area (Å²) in [5.74, 6) is 1.20. The molecule has 21 heavy (non-hydrogen) atoms. The van der Waals surface area contributed by atoms with Gasteiger partial charge in [-0.2, -0.15) is 0 Å². The number of benzene rings is 1. The van der Waals surface area contributed by atoms with E-state index in [0.29, 0.717) is 23.1 Å². The number of pyridine rings is 1. The predicted molar refractivity (Wildman–Crippen MR) is 84.0 cm³/mol. The smallest absolute Gasteiger partial charge is 0.179 e. The molecule has 4 nitrogen and oxygen atoms in total. The largest absolute Gasteiger partial charge is 0.493 e. The van der Waals surface area contributed by atoms with Gasteiger partial charge >= 0.3 is 0 Å². The molecule has 0 amide bonds. The Morgan fingerprint density at radius 2 is 1.86 bits per heavy atom. The van der Waals surface area contributed by atoms with Gasteiger partial charge in [0.15, 0.2) is 11.5 Å². The Bertz CT molecular complexity index is 590. The van der Waals surface area contributed by atoms with Crippen molar-refractivity contribution in [1.82, 2.24) is 10.3 Å². The van der Waals surface area contributed by atoms with Gasteiger partial charge in [0.05, 0.1) is 19.2 Å². The van der Waals surface area contributed by atoms with Crippen LogP contribution in [0.1, 0.15) is 24.1 Å². The van der Waals surface area contributed by atoms with Crippen molar-refractivity contribution in [2.24, 2.45) is 0 Å². The van der Waals surface area contributed by atoms with Crippen LogP contribution in [0.15, 0.2) is 36.7 Å². The zero-order valence-corrected chi connectivity index (χ0v) is 13.1. The summed E-state index contributed by atoms with van der Waals surface area (Å²) in [7, 11) is 3.18. The van der Waals surface area contributed by atoms with Crippen LogP contribution in [-0.2, 0) is 6.54 Å². The maximum absolute atomic E-state index is 6.37. The van der Waals surface area contributed by atoms with E-state index in [9.17, 15) is 0 Å². The van der Waals surface area contributed by atoms with Crippen molar-refractivity contribution >= 4 is 11.6 Å². The summed E-state index contributed by atoms with van der Waals surface area (Å²) >= 11 is 6.37. The number of nitrogens with one attached hydrogen (secondary N) is 1. The average molecular weight is 307 g/mol. The highest BCUT2D eigenvalue weighted by Crippen LogP contribution is 2.37. The summed E-state index contributed by atoms with van der Waals surface area (Å²) in [6.45, 7) is 2.74. The second-order valence-corrected chi connectivity index (χ2v) is 5.04. The van der Waals surface area contributed by atoms with E-state index in [0.717, 1.165) is 5.56 Å². The van der Waals surface area contributed by atoms with Crippen molar-refractivity contribution in [2.75, 3.05) is 14.2 Å². The van der Waals surface area contributed by atoms with Crippen molar-refractivity contribution in [3.63, 3.8) is 0 Å². The normalized spacial score (nSPS) is 12.0. The Hall–Kier alpha value is -1.78. The average Bonchev–Trinajstić information content (AvgIpc) is 2.53. The molecule has 2 aromatic rings. The first-order valence-electron chi connectivity index (χ1n) is 6.70. The summed E-state index contributed by atoms with van der Waals surface area (Å²) in [6.07, 6.45) is 3.58. The fourth-order valence-corrected chi connectivity index (χ4v) is 2.40. The first-order chi connectivity index (χ1) is 10.2. The monoisotopic (exact) mass is 306 g/mol. The van der Waals surface area contributed by atoms with Crippen LogP contribution in [0.4, 0.5) is 0 Å². The molecule has 0 spiro atoms. The Balaban J connectivity index is 2.10. The number of nitrogens with zero attached hydrogens (tertiary/aromatic N) is 1. The fourth-order valence-electron chi connectivity index (χ4n) is 2.10. The Labute approximate surface area is 130 Å². The highest BCUT2D eigenvalue weighted by Gasteiger charge is 2.13. The van der Waals surface area contributed by atoms with Crippen LogP contribution in [0, 0.1) is 0 Å². The Morgan fingerprint density at radius 1 is 1.14 bits per heavy atom. The molecule has 1 N–H and O–H groups in total. The Kier molecular flexibility index (Phi) is 5.42. The van der Waals surface area contributed by atoms with Crippen molar-refractivity contribution in [2.45, 2.75) is 19.5 Å². The number of ether oxygens (including phenoxy) is 2. The lowest BCUT2D eigenvalue weighted by Gasteiger charge is -2.16. The molecule has 0 bridgehead atoms. The molecule has 1 heterocycles. The summed E-state index contributed by atoms with van der Waals surface area (Å²) < 4.78 is 10.5. The molecule has 0 fully saturated rings. The van der Waals surface area contributed by atoms with E-state index in [4.69, 9.17) is 21.1 Å². The topological polar surface area (TPSA) is 43.4 Å². The molecular weight excluding hydrogens is 288 g/mol. The minimum Gasteiger partial charge on any atom is -0.493 e. The van der Waals surface area contributed by atoms with Gasteiger partial charge in [-0.05, 0) is 36.2 Å². The van der Waals surface area contributed by atoms with E-state index < -0.39 is 0 Å². The summed E-state index contributed by atoms with van der Waals surface area (Å²) in [4.78, 5) is 4.02. The van der Waals surface area contributed by atoms with Gasteiger partial charge in [0.25, 0.3) is 0 Å². The number of methoxy groups -OCH3 is 2. The van der Waals surface area contributed by atoms with Crippen LogP contribution < -0.4 is 14.8 Å². The van der Waals surface area contributed by atoms with Crippen LogP contribution in [-0.4, -0.2) is 19.2 Å². The lowest BCUT2D eigenvalue weighted by molar-refractivity contribution is 0.354. The lowest BCUT2D eigenvalue weighted by atomic mass is 10.1. The molecule has 0 aliphatic heterocycles. The van der Waals surface area contributed by atoms with Crippen molar-refractivity contribution < 1.29 is 9.47 Å². The molecule has 5 heteroatoms. The molecule has 0 radical (unpaired) electrons. The molecule has 112 valence electrons. The van der Waals surface area contributed by atoms with Gasteiger partial charge in [-0.15, -0.1) is 0 Å². The molecule has 2 rings (SSSR count). The lowest BCUT2D eigenvalue weighted by Crippen LogP contribution is -2.18. The third-order valence-electron chi connectivity index (χ3n) is 3.37. The van der Waals surface area contributed by atoms with E-state index in [2.05, 4.69) is 17.2 Å². The van der Waals surface area contributed by atoms with E-state index >= 15 is 0 Å². The standard InChI is InChI=1S/C16H19ClN2O2/c1-11(12-6-8-18-9-7-12)19-10-13-4-5-14(20-2)16(21-3)15(13)17/h4-9,11,19H,10H2,1-3H3. The molecule has 1 unspecified atom stereocenters. The van der Waals surface area contributed by atoms with Gasteiger partial charge in [0, 0.05) is 25.0 Å². The molecule has 0 aliphatic carbocycles. The zero-order valence-electron chi connectivity index (χ0n) is 12.4. The molecule has 0 saturated heterocycles. The molecule has 1 atom stereocenters. The second-order valence-electron chi connectivity index (χ2n) is 4.66. The van der Waals surface area contributed by atoms with Crippen LogP contribution in [0.5, 0.6) is 11.5 Å². The molecule has 1 aromatic carbocycles. The zero-order chi connectivity index (χ0) is 15.2. The van der Waals surface area contributed by atoms with Gasteiger partial charge in [0.1, 0.15) is 0 Å². The molecule has 0 saturated carbocycles. The third kappa shape index (κ3) is 3.65. The highest BCUT2D eigenvalue weighted by molar-refractivity contribution is 6.33. The maximum Gasteiger partial charge on any atom is 0.179 e. The van der Waals surface area contributed by atoms with Crippen LogP contribution in [0.3, 0.4) is 0 Å². The highest BCUT2D eigenvalue weighted by atomic mass is 35.5. The quantitative estimate of drug-likeness (QED) is 0.885. The number of rotatable bonds is 6. The SMILES string of the molecule is COc1ccc(CNC(C)c2ccncc2)c(Cl)c1OC. The first kappa shape index (κ1) is 15.6.